The molecule has 0 bridgehead atoms. The van der Waals surface area contributed by atoms with E-state index in [0.29, 0.717) is 12.2 Å². The topological polar surface area (TPSA) is 91.3 Å². The molecule has 1 fully saturated rings. The highest BCUT2D eigenvalue weighted by atomic mass is 16.3. The van der Waals surface area contributed by atoms with Crippen molar-refractivity contribution in [3.8, 4) is 0 Å². The Hall–Kier alpha value is -1.95. The van der Waals surface area contributed by atoms with Crippen LogP contribution in [-0.4, -0.2) is 35.1 Å². The average Bonchev–Trinajstić information content (AvgIpc) is 3.18. The van der Waals surface area contributed by atoms with Gasteiger partial charge in [-0.1, -0.05) is 0 Å². The van der Waals surface area contributed by atoms with Crippen LogP contribution in [0.4, 0.5) is 5.69 Å². The summed E-state index contributed by atoms with van der Waals surface area (Å²) in [4.78, 5) is 26.9. The third-order valence-electron chi connectivity index (χ3n) is 3.04. The Bertz CT molecular complexity index is 443. The van der Waals surface area contributed by atoms with Gasteiger partial charge in [0.25, 0.3) is 0 Å². The van der Waals surface area contributed by atoms with Crippen LogP contribution in [0.5, 0.6) is 0 Å². The third kappa shape index (κ3) is 3.04. The molecular weight excluding hydrogens is 234 g/mol. The number of aromatic nitrogens is 1. The second-order valence-electron chi connectivity index (χ2n) is 4.54. The molecule has 3 N–H and O–H groups in total. The van der Waals surface area contributed by atoms with Crippen LogP contribution in [-0.2, 0) is 9.59 Å². The van der Waals surface area contributed by atoms with Gasteiger partial charge in [-0.2, -0.15) is 0 Å². The number of anilines is 1. The maximum Gasteiger partial charge on any atom is 0.313 e. The molecule has 0 aliphatic heterocycles. The van der Waals surface area contributed by atoms with Crippen molar-refractivity contribution >= 4 is 17.5 Å². The van der Waals surface area contributed by atoms with Crippen LogP contribution >= 0.6 is 0 Å². The molecule has 2 rings (SSSR count). The fraction of sp³-hybridized carbons (Fsp3) is 0.417. The highest BCUT2D eigenvalue weighted by Gasteiger charge is 2.42. The standard InChI is InChI=1S/C12H15N3O3/c16-8-12(3-4-12)7-14-10(17)11(18)15-9-2-1-5-13-6-9/h1-2,5-6,16H,3-4,7-8H2,(H,14,17)(H,15,18). The largest absolute Gasteiger partial charge is 0.396 e. The van der Waals surface area contributed by atoms with Gasteiger partial charge in [0.1, 0.15) is 0 Å². The Balaban J connectivity index is 1.80. The highest BCUT2D eigenvalue weighted by molar-refractivity contribution is 6.39. The number of pyridine rings is 1. The van der Waals surface area contributed by atoms with Gasteiger partial charge in [-0.3, -0.25) is 14.6 Å². The van der Waals surface area contributed by atoms with E-state index < -0.39 is 11.8 Å². The number of carbonyl (C=O) groups is 2. The van der Waals surface area contributed by atoms with Crippen molar-refractivity contribution in [3.05, 3.63) is 24.5 Å². The molecule has 1 aliphatic rings. The van der Waals surface area contributed by atoms with Crippen LogP contribution < -0.4 is 10.6 Å². The predicted molar refractivity (Wildman–Crippen MR) is 64.6 cm³/mol. The van der Waals surface area contributed by atoms with Gasteiger partial charge in [0.15, 0.2) is 0 Å². The van der Waals surface area contributed by atoms with Gasteiger partial charge in [0.2, 0.25) is 0 Å². The summed E-state index contributed by atoms with van der Waals surface area (Å²) in [6.45, 7) is 0.375. The van der Waals surface area contributed by atoms with Crippen molar-refractivity contribution in [1.82, 2.24) is 10.3 Å². The second kappa shape index (κ2) is 5.14. The first-order chi connectivity index (χ1) is 8.65. The van der Waals surface area contributed by atoms with Gasteiger partial charge in [0.05, 0.1) is 18.5 Å². The molecular formula is C12H15N3O3. The van der Waals surface area contributed by atoms with Crippen LogP contribution in [0, 0.1) is 5.41 Å². The van der Waals surface area contributed by atoms with Gasteiger partial charge in [-0.25, -0.2) is 0 Å². The summed E-state index contributed by atoms with van der Waals surface area (Å²) >= 11 is 0. The molecule has 1 saturated carbocycles. The molecule has 1 aliphatic carbocycles. The van der Waals surface area contributed by atoms with Crippen molar-refractivity contribution < 1.29 is 14.7 Å². The molecule has 18 heavy (non-hydrogen) atoms. The highest BCUT2D eigenvalue weighted by Crippen LogP contribution is 2.44. The summed E-state index contributed by atoms with van der Waals surface area (Å²) in [5.41, 5.74) is 0.269. The van der Waals surface area contributed by atoms with E-state index in [1.807, 2.05) is 0 Å². The molecule has 0 atom stereocenters. The number of aliphatic hydroxyl groups excluding tert-OH is 1. The predicted octanol–water partition coefficient (Wildman–Crippen LogP) is -0.0912. The first-order valence-corrected chi connectivity index (χ1v) is 5.75. The molecule has 0 saturated heterocycles. The minimum Gasteiger partial charge on any atom is -0.396 e. The lowest BCUT2D eigenvalue weighted by Gasteiger charge is -2.12. The maximum atomic E-state index is 11.5. The van der Waals surface area contributed by atoms with Gasteiger partial charge < -0.3 is 15.7 Å². The lowest BCUT2D eigenvalue weighted by Crippen LogP contribution is -2.39. The zero-order valence-corrected chi connectivity index (χ0v) is 9.85. The zero-order chi connectivity index (χ0) is 13.0. The average molecular weight is 249 g/mol. The summed E-state index contributed by atoms with van der Waals surface area (Å²) in [6.07, 6.45) is 4.80. The van der Waals surface area contributed by atoms with Crippen LogP contribution in [0.3, 0.4) is 0 Å². The second-order valence-corrected chi connectivity index (χ2v) is 4.54. The maximum absolute atomic E-state index is 11.5. The minimum atomic E-state index is -0.725. The third-order valence-corrected chi connectivity index (χ3v) is 3.04. The van der Waals surface area contributed by atoms with E-state index in [1.54, 1.807) is 18.3 Å². The van der Waals surface area contributed by atoms with Crippen molar-refractivity contribution in [3.63, 3.8) is 0 Å². The monoisotopic (exact) mass is 249 g/mol. The Kier molecular flexibility index (Phi) is 3.57. The van der Waals surface area contributed by atoms with Crippen molar-refractivity contribution in [2.24, 2.45) is 5.41 Å². The van der Waals surface area contributed by atoms with Crippen molar-refractivity contribution in [2.75, 3.05) is 18.5 Å². The molecule has 6 nitrogen and oxygen atoms in total. The lowest BCUT2D eigenvalue weighted by atomic mass is 10.1. The minimum absolute atomic E-state index is 0.0392. The van der Waals surface area contributed by atoms with Crippen LogP contribution in [0.2, 0.25) is 0 Å². The molecule has 2 amide bonds. The smallest absolute Gasteiger partial charge is 0.313 e. The summed E-state index contributed by atoms with van der Waals surface area (Å²) in [5, 5.41) is 14.0. The fourth-order valence-electron chi connectivity index (χ4n) is 1.54. The lowest BCUT2D eigenvalue weighted by molar-refractivity contribution is -0.136. The number of nitrogens with one attached hydrogen (secondary N) is 2. The zero-order valence-electron chi connectivity index (χ0n) is 9.85. The summed E-state index contributed by atoms with van der Waals surface area (Å²) in [5.74, 6) is -1.42. The van der Waals surface area contributed by atoms with Gasteiger partial charge in [0, 0.05) is 18.2 Å². The number of rotatable bonds is 4. The number of carbonyl (C=O) groups excluding carboxylic acids is 2. The summed E-state index contributed by atoms with van der Waals surface area (Å²) in [7, 11) is 0. The van der Waals surface area contributed by atoms with Gasteiger partial charge in [-0.15, -0.1) is 0 Å². The van der Waals surface area contributed by atoms with E-state index in [9.17, 15) is 9.59 Å². The number of nitrogens with zero attached hydrogens (tertiary/aromatic N) is 1. The van der Waals surface area contributed by atoms with Gasteiger partial charge in [-0.05, 0) is 25.0 Å². The Morgan fingerprint density at radius 2 is 2.17 bits per heavy atom. The molecule has 0 radical (unpaired) electrons. The first kappa shape index (κ1) is 12.5. The quantitative estimate of drug-likeness (QED) is 0.650. The number of amides is 2. The van der Waals surface area contributed by atoms with E-state index in [4.69, 9.17) is 5.11 Å². The van der Waals surface area contributed by atoms with Crippen LogP contribution in [0.15, 0.2) is 24.5 Å². The van der Waals surface area contributed by atoms with Crippen LogP contribution in [0.25, 0.3) is 0 Å². The first-order valence-electron chi connectivity index (χ1n) is 5.75. The van der Waals surface area contributed by atoms with E-state index in [2.05, 4.69) is 15.6 Å². The Morgan fingerprint density at radius 3 is 2.72 bits per heavy atom. The SMILES string of the molecule is O=C(NCC1(CO)CC1)C(=O)Nc1cccnc1. The van der Waals surface area contributed by atoms with Gasteiger partial charge >= 0.3 is 11.8 Å². The number of hydrogen-bond donors (Lipinski definition) is 3. The van der Waals surface area contributed by atoms with E-state index in [0.717, 1.165) is 12.8 Å². The fourth-order valence-corrected chi connectivity index (χ4v) is 1.54. The Labute approximate surface area is 104 Å². The molecule has 1 aromatic rings. The molecule has 1 aromatic heterocycles. The van der Waals surface area contributed by atoms with E-state index >= 15 is 0 Å². The molecule has 96 valence electrons. The van der Waals surface area contributed by atoms with Crippen molar-refractivity contribution in [2.45, 2.75) is 12.8 Å². The Morgan fingerprint density at radius 1 is 1.39 bits per heavy atom. The van der Waals surface area contributed by atoms with Crippen molar-refractivity contribution in [1.29, 1.82) is 0 Å². The van der Waals surface area contributed by atoms with Crippen LogP contribution in [0.1, 0.15) is 12.8 Å². The molecule has 0 aromatic carbocycles. The summed E-state index contributed by atoms with van der Waals surface area (Å²) < 4.78 is 0. The van der Waals surface area contributed by atoms with E-state index in [-0.39, 0.29) is 12.0 Å². The molecule has 0 spiro atoms. The molecule has 1 heterocycles. The van der Waals surface area contributed by atoms with E-state index in [1.165, 1.54) is 6.20 Å². The normalized spacial score (nSPS) is 15.8. The molecule has 6 heteroatoms. The summed E-state index contributed by atoms with van der Waals surface area (Å²) in [6, 6.07) is 3.31. The number of hydrogen-bond acceptors (Lipinski definition) is 4. The molecule has 0 unspecified atom stereocenters. The number of aliphatic hydroxyl groups is 1.